The molecule has 0 saturated heterocycles. The first-order chi connectivity index (χ1) is 9.63. The molecule has 3 rings (SSSR count). The Balaban J connectivity index is 1.69. The molecule has 0 amide bonds. The van der Waals surface area contributed by atoms with Crippen molar-refractivity contribution < 1.29 is 9.90 Å². The molecule has 0 aromatic carbocycles. The molecule has 20 heavy (non-hydrogen) atoms. The Morgan fingerprint density at radius 2 is 2.30 bits per heavy atom. The van der Waals surface area contributed by atoms with Crippen LogP contribution in [0.25, 0.3) is 0 Å². The van der Waals surface area contributed by atoms with Crippen molar-refractivity contribution in [3.8, 4) is 0 Å². The smallest absolute Gasteiger partial charge is 0.354 e. The van der Waals surface area contributed by atoms with Gasteiger partial charge in [0.1, 0.15) is 5.82 Å². The third-order valence-corrected chi connectivity index (χ3v) is 3.09. The van der Waals surface area contributed by atoms with Crippen LogP contribution in [-0.2, 0) is 13.6 Å². The van der Waals surface area contributed by atoms with Crippen LogP contribution in [0.3, 0.4) is 0 Å². The van der Waals surface area contributed by atoms with Gasteiger partial charge in [0.2, 0.25) is 5.95 Å². The summed E-state index contributed by atoms with van der Waals surface area (Å²) in [4.78, 5) is 23.2. The number of aromatic carboxylic acids is 1. The van der Waals surface area contributed by atoms with Crippen LogP contribution >= 0.6 is 0 Å². The number of aryl methyl sites for hydroxylation is 1. The SMILES string of the molecule is Cn1nc(C2CC2)nc1CNc1nccc(C(=O)O)n1. The van der Waals surface area contributed by atoms with E-state index in [9.17, 15) is 4.79 Å². The Labute approximate surface area is 114 Å². The maximum Gasteiger partial charge on any atom is 0.354 e. The number of carboxylic acid groups (broad SMARTS) is 1. The molecule has 2 aromatic heterocycles. The summed E-state index contributed by atoms with van der Waals surface area (Å²) in [6, 6.07) is 1.35. The molecule has 0 atom stereocenters. The van der Waals surface area contributed by atoms with Crippen LogP contribution in [0.2, 0.25) is 0 Å². The number of anilines is 1. The average molecular weight is 274 g/mol. The molecular weight excluding hydrogens is 260 g/mol. The highest BCUT2D eigenvalue weighted by molar-refractivity contribution is 5.85. The Kier molecular flexibility index (Phi) is 3.05. The minimum Gasteiger partial charge on any atom is -0.477 e. The molecule has 1 aliphatic carbocycles. The number of carboxylic acids is 1. The van der Waals surface area contributed by atoms with Crippen LogP contribution in [0.1, 0.15) is 40.9 Å². The first-order valence-corrected chi connectivity index (χ1v) is 6.33. The number of carbonyl (C=O) groups is 1. The molecular formula is C12H14N6O2. The van der Waals surface area contributed by atoms with Gasteiger partial charge >= 0.3 is 5.97 Å². The highest BCUT2D eigenvalue weighted by Gasteiger charge is 2.28. The Hall–Kier alpha value is -2.51. The molecule has 8 heteroatoms. The fraction of sp³-hybridized carbons (Fsp3) is 0.417. The average Bonchev–Trinajstić information content (AvgIpc) is 3.21. The minimum absolute atomic E-state index is 0.0425. The molecule has 2 N–H and O–H groups in total. The van der Waals surface area contributed by atoms with Gasteiger partial charge in [0, 0.05) is 19.2 Å². The van der Waals surface area contributed by atoms with Crippen LogP contribution in [0.5, 0.6) is 0 Å². The van der Waals surface area contributed by atoms with Crippen molar-refractivity contribution in [2.24, 2.45) is 7.05 Å². The number of nitrogens with zero attached hydrogens (tertiary/aromatic N) is 5. The minimum atomic E-state index is -1.08. The van der Waals surface area contributed by atoms with E-state index in [-0.39, 0.29) is 11.6 Å². The second-order valence-electron chi connectivity index (χ2n) is 4.71. The number of hydrogen-bond acceptors (Lipinski definition) is 6. The molecule has 0 bridgehead atoms. The number of hydrogen-bond donors (Lipinski definition) is 2. The lowest BCUT2D eigenvalue weighted by Crippen LogP contribution is -2.10. The lowest BCUT2D eigenvalue weighted by molar-refractivity contribution is 0.0690. The van der Waals surface area contributed by atoms with E-state index < -0.39 is 5.97 Å². The molecule has 2 heterocycles. The van der Waals surface area contributed by atoms with Crippen molar-refractivity contribution in [2.45, 2.75) is 25.3 Å². The van der Waals surface area contributed by atoms with E-state index >= 15 is 0 Å². The lowest BCUT2D eigenvalue weighted by Gasteiger charge is -2.04. The quantitative estimate of drug-likeness (QED) is 0.830. The summed E-state index contributed by atoms with van der Waals surface area (Å²) >= 11 is 0. The van der Waals surface area contributed by atoms with Gasteiger partial charge in [-0.2, -0.15) is 5.10 Å². The van der Waals surface area contributed by atoms with Crippen molar-refractivity contribution in [2.75, 3.05) is 5.32 Å². The summed E-state index contributed by atoms with van der Waals surface area (Å²) in [6.07, 6.45) is 3.71. The Morgan fingerprint density at radius 1 is 1.50 bits per heavy atom. The normalized spacial score (nSPS) is 14.2. The molecule has 104 valence electrons. The molecule has 0 radical (unpaired) electrons. The molecule has 0 unspecified atom stereocenters. The van der Waals surface area contributed by atoms with Crippen LogP contribution in [-0.4, -0.2) is 35.8 Å². The zero-order valence-electron chi connectivity index (χ0n) is 10.9. The van der Waals surface area contributed by atoms with Crippen molar-refractivity contribution in [3.63, 3.8) is 0 Å². The maximum atomic E-state index is 10.8. The Bertz CT molecular complexity index is 649. The number of rotatable bonds is 5. The van der Waals surface area contributed by atoms with E-state index in [1.165, 1.54) is 12.3 Å². The second kappa shape index (κ2) is 4.87. The van der Waals surface area contributed by atoms with Crippen LogP contribution in [0, 0.1) is 0 Å². The van der Waals surface area contributed by atoms with Crippen LogP contribution in [0.4, 0.5) is 5.95 Å². The number of aromatic nitrogens is 5. The molecule has 1 aliphatic rings. The van der Waals surface area contributed by atoms with Crippen molar-refractivity contribution in [3.05, 3.63) is 29.6 Å². The van der Waals surface area contributed by atoms with E-state index in [1.807, 2.05) is 7.05 Å². The standard InChI is InChI=1S/C12H14N6O2/c1-18-9(16-10(17-18)7-2-3-7)6-14-12-13-5-4-8(15-12)11(19)20/h4-5,7H,2-3,6H2,1H3,(H,19,20)(H,13,14,15). The zero-order chi connectivity index (χ0) is 14.1. The summed E-state index contributed by atoms with van der Waals surface area (Å²) in [7, 11) is 1.84. The lowest BCUT2D eigenvalue weighted by atomic mass is 10.4. The summed E-state index contributed by atoms with van der Waals surface area (Å²) < 4.78 is 1.72. The van der Waals surface area contributed by atoms with Gasteiger partial charge in [0.15, 0.2) is 11.5 Å². The van der Waals surface area contributed by atoms with E-state index in [0.29, 0.717) is 12.5 Å². The molecule has 0 spiro atoms. The molecule has 0 aliphatic heterocycles. The van der Waals surface area contributed by atoms with Crippen molar-refractivity contribution in [1.82, 2.24) is 24.7 Å². The molecule has 1 fully saturated rings. The third kappa shape index (κ3) is 2.58. The van der Waals surface area contributed by atoms with Gasteiger partial charge < -0.3 is 10.4 Å². The zero-order valence-corrected chi connectivity index (χ0v) is 10.9. The van der Waals surface area contributed by atoms with Gasteiger partial charge in [-0.1, -0.05) is 0 Å². The predicted octanol–water partition coefficient (Wildman–Crippen LogP) is 0.793. The van der Waals surface area contributed by atoms with Crippen LogP contribution in [0.15, 0.2) is 12.3 Å². The summed E-state index contributed by atoms with van der Waals surface area (Å²) in [5.74, 6) is 1.34. The second-order valence-corrected chi connectivity index (χ2v) is 4.71. The fourth-order valence-corrected chi connectivity index (χ4v) is 1.83. The number of nitrogens with one attached hydrogen (secondary N) is 1. The molecule has 2 aromatic rings. The monoisotopic (exact) mass is 274 g/mol. The topological polar surface area (TPSA) is 106 Å². The predicted molar refractivity (Wildman–Crippen MR) is 69.3 cm³/mol. The largest absolute Gasteiger partial charge is 0.477 e. The van der Waals surface area contributed by atoms with Gasteiger partial charge in [-0.25, -0.2) is 19.7 Å². The van der Waals surface area contributed by atoms with Gasteiger partial charge in [0.25, 0.3) is 0 Å². The first kappa shape index (κ1) is 12.5. The highest BCUT2D eigenvalue weighted by Crippen LogP contribution is 2.37. The highest BCUT2D eigenvalue weighted by atomic mass is 16.4. The Morgan fingerprint density at radius 3 is 3.00 bits per heavy atom. The van der Waals surface area contributed by atoms with E-state index in [4.69, 9.17) is 5.11 Å². The van der Waals surface area contributed by atoms with E-state index in [0.717, 1.165) is 24.5 Å². The summed E-state index contributed by atoms with van der Waals surface area (Å²) in [5.41, 5.74) is -0.0425. The van der Waals surface area contributed by atoms with Crippen molar-refractivity contribution in [1.29, 1.82) is 0 Å². The van der Waals surface area contributed by atoms with Gasteiger partial charge in [-0.15, -0.1) is 0 Å². The van der Waals surface area contributed by atoms with Crippen molar-refractivity contribution >= 4 is 11.9 Å². The summed E-state index contributed by atoms with van der Waals surface area (Å²) in [5, 5.41) is 16.2. The van der Waals surface area contributed by atoms with Gasteiger partial charge in [-0.3, -0.25) is 4.68 Å². The van der Waals surface area contributed by atoms with Gasteiger partial charge in [0.05, 0.1) is 6.54 Å². The first-order valence-electron chi connectivity index (χ1n) is 6.33. The fourth-order valence-electron chi connectivity index (χ4n) is 1.83. The van der Waals surface area contributed by atoms with Crippen LogP contribution < -0.4 is 5.32 Å². The van der Waals surface area contributed by atoms with E-state index in [1.54, 1.807) is 4.68 Å². The van der Waals surface area contributed by atoms with E-state index in [2.05, 4.69) is 25.4 Å². The summed E-state index contributed by atoms with van der Waals surface area (Å²) in [6.45, 7) is 0.402. The maximum absolute atomic E-state index is 10.8. The van der Waals surface area contributed by atoms with Gasteiger partial charge in [-0.05, 0) is 18.9 Å². The third-order valence-electron chi connectivity index (χ3n) is 3.09. The molecule has 8 nitrogen and oxygen atoms in total. The molecule has 1 saturated carbocycles.